The Morgan fingerprint density at radius 3 is 2.95 bits per heavy atom. The van der Waals surface area contributed by atoms with E-state index in [0.29, 0.717) is 13.2 Å². The van der Waals surface area contributed by atoms with Gasteiger partial charge >= 0.3 is 5.97 Å². The lowest BCUT2D eigenvalue weighted by molar-refractivity contribution is -0.141. The van der Waals surface area contributed by atoms with Gasteiger partial charge in [-0.05, 0) is 44.0 Å². The van der Waals surface area contributed by atoms with Crippen molar-refractivity contribution in [1.29, 1.82) is 0 Å². The molecule has 0 spiro atoms. The highest BCUT2D eigenvalue weighted by atomic mass is 16.5. The minimum Gasteiger partial charge on any atom is -0.491 e. The highest BCUT2D eigenvalue weighted by Gasteiger charge is 2.37. The van der Waals surface area contributed by atoms with Crippen LogP contribution in [-0.4, -0.2) is 54.9 Å². The van der Waals surface area contributed by atoms with Gasteiger partial charge in [0.05, 0.1) is 6.54 Å². The minimum absolute atomic E-state index is 0.0511. The number of carboxylic acids is 1. The van der Waals surface area contributed by atoms with Gasteiger partial charge < -0.3 is 14.6 Å². The number of hydrogen-bond acceptors (Lipinski definition) is 4. The van der Waals surface area contributed by atoms with Crippen LogP contribution in [-0.2, 0) is 9.53 Å². The molecule has 2 rings (SSSR count). The third-order valence-electron chi connectivity index (χ3n) is 3.90. The zero-order valence-electron chi connectivity index (χ0n) is 12.7. The van der Waals surface area contributed by atoms with Gasteiger partial charge in [0.1, 0.15) is 18.0 Å². The summed E-state index contributed by atoms with van der Waals surface area (Å²) in [6, 6.07) is 7.89. The number of carboxylic acid groups (broad SMARTS) is 1. The molecule has 0 amide bonds. The number of aliphatic carboxylic acids is 1. The molecular formula is C16H23NO4. The van der Waals surface area contributed by atoms with Crippen molar-refractivity contribution >= 4 is 5.97 Å². The van der Waals surface area contributed by atoms with Crippen LogP contribution in [0.15, 0.2) is 24.3 Å². The summed E-state index contributed by atoms with van der Waals surface area (Å²) in [4.78, 5) is 12.8. The molecule has 1 N–H and O–H groups in total. The first kappa shape index (κ1) is 15.8. The second-order valence-electron chi connectivity index (χ2n) is 5.70. The van der Waals surface area contributed by atoms with Crippen molar-refractivity contribution in [3.63, 3.8) is 0 Å². The Bertz CT molecular complexity index is 491. The average molecular weight is 293 g/mol. The Morgan fingerprint density at radius 2 is 2.29 bits per heavy atom. The van der Waals surface area contributed by atoms with Crippen molar-refractivity contribution < 1.29 is 19.4 Å². The van der Waals surface area contributed by atoms with E-state index in [1.54, 1.807) is 7.11 Å². The molecule has 1 aromatic rings. The monoisotopic (exact) mass is 293 g/mol. The molecule has 0 aliphatic carbocycles. The number of ether oxygens (including phenoxy) is 2. The van der Waals surface area contributed by atoms with Crippen LogP contribution < -0.4 is 4.74 Å². The fourth-order valence-electron chi connectivity index (χ4n) is 2.78. The van der Waals surface area contributed by atoms with Crippen molar-refractivity contribution in [2.24, 2.45) is 0 Å². The Hall–Kier alpha value is -1.59. The van der Waals surface area contributed by atoms with E-state index in [1.165, 1.54) is 0 Å². The molecule has 0 saturated carbocycles. The van der Waals surface area contributed by atoms with Gasteiger partial charge in [-0.15, -0.1) is 0 Å². The predicted molar refractivity (Wildman–Crippen MR) is 79.7 cm³/mol. The van der Waals surface area contributed by atoms with E-state index in [1.807, 2.05) is 36.1 Å². The molecule has 1 aliphatic rings. The van der Waals surface area contributed by atoms with Crippen molar-refractivity contribution in [1.82, 2.24) is 4.90 Å². The van der Waals surface area contributed by atoms with E-state index in [-0.39, 0.29) is 6.54 Å². The molecule has 1 aliphatic heterocycles. The molecule has 0 aromatic heterocycles. The Labute approximate surface area is 125 Å². The van der Waals surface area contributed by atoms with Crippen LogP contribution in [0.5, 0.6) is 5.75 Å². The number of likely N-dealkylation sites (tertiary alicyclic amines) is 1. The van der Waals surface area contributed by atoms with Crippen molar-refractivity contribution in [2.45, 2.75) is 25.4 Å². The van der Waals surface area contributed by atoms with Crippen LogP contribution in [0.4, 0.5) is 0 Å². The number of aryl methyl sites for hydroxylation is 1. The summed E-state index contributed by atoms with van der Waals surface area (Å²) < 4.78 is 11.6. The largest absolute Gasteiger partial charge is 0.491 e. The van der Waals surface area contributed by atoms with Gasteiger partial charge in [-0.3, -0.25) is 9.69 Å². The van der Waals surface area contributed by atoms with E-state index < -0.39 is 11.6 Å². The second kappa shape index (κ2) is 6.91. The fourth-order valence-corrected chi connectivity index (χ4v) is 2.78. The summed E-state index contributed by atoms with van der Waals surface area (Å²) in [5, 5.41) is 8.93. The molecular weight excluding hydrogens is 270 g/mol. The van der Waals surface area contributed by atoms with Gasteiger partial charge in [-0.2, -0.15) is 0 Å². The summed E-state index contributed by atoms with van der Waals surface area (Å²) in [6.07, 6.45) is 1.80. The van der Waals surface area contributed by atoms with Gasteiger partial charge in [0, 0.05) is 13.7 Å². The van der Waals surface area contributed by atoms with E-state index >= 15 is 0 Å². The third-order valence-corrected chi connectivity index (χ3v) is 3.90. The molecule has 0 radical (unpaired) electrons. The number of rotatable bonds is 6. The van der Waals surface area contributed by atoms with Gasteiger partial charge in [0.15, 0.2) is 0 Å². The summed E-state index contributed by atoms with van der Waals surface area (Å²) in [6.45, 7) is 3.89. The quantitative estimate of drug-likeness (QED) is 0.868. The summed E-state index contributed by atoms with van der Waals surface area (Å²) in [5.41, 5.74) is 0.715. The maximum Gasteiger partial charge on any atom is 0.317 e. The summed E-state index contributed by atoms with van der Waals surface area (Å²) in [5.74, 6) is 0.0169. The lowest BCUT2D eigenvalue weighted by Gasteiger charge is -2.40. The van der Waals surface area contributed by atoms with Crippen LogP contribution in [0.25, 0.3) is 0 Å². The third kappa shape index (κ3) is 4.44. The molecule has 21 heavy (non-hydrogen) atoms. The van der Waals surface area contributed by atoms with Crippen LogP contribution in [0.1, 0.15) is 18.4 Å². The van der Waals surface area contributed by atoms with E-state index in [0.717, 1.165) is 30.7 Å². The highest BCUT2D eigenvalue weighted by Crippen LogP contribution is 2.26. The number of methoxy groups -OCH3 is 1. The van der Waals surface area contributed by atoms with Gasteiger partial charge in [-0.25, -0.2) is 0 Å². The summed E-state index contributed by atoms with van der Waals surface area (Å²) in [7, 11) is 1.67. The topological polar surface area (TPSA) is 59.0 Å². The highest BCUT2D eigenvalue weighted by molar-refractivity contribution is 5.69. The zero-order chi connectivity index (χ0) is 15.3. The first-order chi connectivity index (χ1) is 10.0. The molecule has 1 heterocycles. The maximum atomic E-state index is 10.9. The van der Waals surface area contributed by atoms with Crippen molar-refractivity contribution in [3.05, 3.63) is 29.8 Å². The van der Waals surface area contributed by atoms with E-state index in [2.05, 4.69) is 0 Å². The summed E-state index contributed by atoms with van der Waals surface area (Å²) >= 11 is 0. The number of hydrogen-bond donors (Lipinski definition) is 1. The molecule has 1 atom stereocenters. The normalized spacial score (nSPS) is 23.0. The van der Waals surface area contributed by atoms with Crippen LogP contribution in [0, 0.1) is 6.92 Å². The molecule has 0 unspecified atom stereocenters. The molecule has 5 nitrogen and oxygen atoms in total. The molecule has 1 fully saturated rings. The molecule has 1 saturated heterocycles. The van der Waals surface area contributed by atoms with Crippen LogP contribution >= 0.6 is 0 Å². The molecule has 116 valence electrons. The van der Waals surface area contributed by atoms with Crippen molar-refractivity contribution in [2.75, 3.05) is 33.4 Å². The first-order valence-corrected chi connectivity index (χ1v) is 7.22. The lowest BCUT2D eigenvalue weighted by Crippen LogP contribution is -2.53. The number of nitrogens with zero attached hydrogens (tertiary/aromatic N) is 1. The Morgan fingerprint density at radius 1 is 1.48 bits per heavy atom. The van der Waals surface area contributed by atoms with E-state index in [9.17, 15) is 4.79 Å². The first-order valence-electron chi connectivity index (χ1n) is 7.22. The maximum absolute atomic E-state index is 10.9. The van der Waals surface area contributed by atoms with Gasteiger partial charge in [0.2, 0.25) is 0 Å². The standard InChI is InChI=1S/C16H23NO4/c1-13-5-3-6-14(9-13)21-12-16(20-2)7-4-8-17(11-16)10-15(18)19/h3,5-6,9H,4,7-8,10-12H2,1-2H3,(H,18,19)/t16-/m1/s1. The zero-order valence-corrected chi connectivity index (χ0v) is 12.7. The Kier molecular flexibility index (Phi) is 5.20. The second-order valence-corrected chi connectivity index (χ2v) is 5.70. The van der Waals surface area contributed by atoms with E-state index in [4.69, 9.17) is 14.6 Å². The molecule has 0 bridgehead atoms. The SMILES string of the molecule is CO[C@]1(COc2cccc(C)c2)CCCN(CC(=O)O)C1. The predicted octanol–water partition coefficient (Wildman–Crippen LogP) is 1.94. The van der Waals surface area contributed by atoms with Gasteiger partial charge in [-0.1, -0.05) is 12.1 Å². The molecule has 1 aromatic carbocycles. The number of piperidine rings is 1. The van der Waals surface area contributed by atoms with Crippen molar-refractivity contribution in [3.8, 4) is 5.75 Å². The van der Waals surface area contributed by atoms with Crippen LogP contribution in [0.2, 0.25) is 0 Å². The molecule has 5 heteroatoms. The minimum atomic E-state index is -0.804. The van der Waals surface area contributed by atoms with Gasteiger partial charge in [0.25, 0.3) is 0 Å². The number of carbonyl (C=O) groups is 1. The smallest absolute Gasteiger partial charge is 0.317 e. The fraction of sp³-hybridized carbons (Fsp3) is 0.562. The Balaban J connectivity index is 1.98. The lowest BCUT2D eigenvalue weighted by atomic mass is 9.93. The number of benzene rings is 1. The van der Waals surface area contributed by atoms with Crippen LogP contribution in [0.3, 0.4) is 0 Å². The average Bonchev–Trinajstić information content (AvgIpc) is 2.45.